The number of benzene rings is 1. The van der Waals surface area contributed by atoms with Crippen molar-refractivity contribution >= 4 is 31.7 Å². The van der Waals surface area contributed by atoms with Crippen LogP contribution in [0, 0.1) is 0 Å². The molecule has 0 atom stereocenters. The predicted octanol–water partition coefficient (Wildman–Crippen LogP) is 2.87. The molecule has 0 spiro atoms. The van der Waals surface area contributed by atoms with Crippen LogP contribution in [0.25, 0.3) is 0 Å². The standard InChI is InChI=1S/C13H14BrN3O3S/c1-3-15-13-16-8-11(14)12(17-13)20-9-4-6-10(7-5-9)21(2,18)19/h4-8H,3H2,1-2H3,(H,15,16,17). The maximum Gasteiger partial charge on any atom is 0.238 e. The van der Waals surface area contributed by atoms with Crippen molar-refractivity contribution in [2.75, 3.05) is 18.1 Å². The molecule has 0 radical (unpaired) electrons. The lowest BCUT2D eigenvalue weighted by molar-refractivity contribution is 0.458. The first kappa shape index (κ1) is 15.7. The Hall–Kier alpha value is -1.67. The zero-order valence-corrected chi connectivity index (χ0v) is 13.9. The Morgan fingerprint density at radius 2 is 1.95 bits per heavy atom. The molecule has 0 bridgehead atoms. The molecule has 6 nitrogen and oxygen atoms in total. The van der Waals surface area contributed by atoms with Crippen molar-refractivity contribution in [1.82, 2.24) is 9.97 Å². The largest absolute Gasteiger partial charge is 0.438 e. The van der Waals surface area contributed by atoms with Crippen molar-refractivity contribution < 1.29 is 13.2 Å². The third kappa shape index (κ3) is 4.15. The van der Waals surface area contributed by atoms with Crippen LogP contribution < -0.4 is 10.1 Å². The van der Waals surface area contributed by atoms with Gasteiger partial charge < -0.3 is 10.1 Å². The van der Waals surface area contributed by atoms with Crippen molar-refractivity contribution in [3.63, 3.8) is 0 Å². The summed E-state index contributed by atoms with van der Waals surface area (Å²) >= 11 is 3.31. The van der Waals surface area contributed by atoms with Crippen molar-refractivity contribution in [1.29, 1.82) is 0 Å². The van der Waals surface area contributed by atoms with E-state index in [0.29, 0.717) is 28.6 Å². The molecular weight excluding hydrogens is 358 g/mol. The number of sulfone groups is 1. The SMILES string of the molecule is CCNc1ncc(Br)c(Oc2ccc(S(C)(=O)=O)cc2)n1. The second-order valence-corrected chi connectivity index (χ2v) is 7.09. The first-order valence-electron chi connectivity index (χ1n) is 6.14. The Morgan fingerprint density at radius 1 is 1.29 bits per heavy atom. The summed E-state index contributed by atoms with van der Waals surface area (Å²) in [5, 5.41) is 2.99. The lowest BCUT2D eigenvalue weighted by Crippen LogP contribution is -2.03. The van der Waals surface area contributed by atoms with E-state index in [9.17, 15) is 8.42 Å². The molecule has 2 aromatic rings. The van der Waals surface area contributed by atoms with Gasteiger partial charge in [0.25, 0.3) is 0 Å². The van der Waals surface area contributed by atoms with E-state index in [-0.39, 0.29) is 4.90 Å². The molecule has 8 heteroatoms. The molecule has 1 aromatic carbocycles. The van der Waals surface area contributed by atoms with Gasteiger partial charge in [0.05, 0.1) is 15.6 Å². The molecule has 21 heavy (non-hydrogen) atoms. The van der Waals surface area contributed by atoms with E-state index in [1.165, 1.54) is 12.1 Å². The smallest absolute Gasteiger partial charge is 0.238 e. The molecule has 1 N–H and O–H groups in total. The number of nitrogens with zero attached hydrogens (tertiary/aromatic N) is 2. The summed E-state index contributed by atoms with van der Waals surface area (Å²) in [7, 11) is -3.22. The molecule has 0 aliphatic heterocycles. The second kappa shape index (κ2) is 6.40. The van der Waals surface area contributed by atoms with Gasteiger partial charge in [-0.2, -0.15) is 4.98 Å². The Bertz CT molecular complexity index is 733. The van der Waals surface area contributed by atoms with Gasteiger partial charge in [0, 0.05) is 12.8 Å². The summed E-state index contributed by atoms with van der Waals surface area (Å²) in [6, 6.07) is 6.14. The molecule has 0 fully saturated rings. The van der Waals surface area contributed by atoms with Crippen LogP contribution in [-0.4, -0.2) is 31.2 Å². The number of aromatic nitrogens is 2. The maximum absolute atomic E-state index is 11.4. The van der Waals surface area contributed by atoms with Gasteiger partial charge in [-0.3, -0.25) is 0 Å². The topological polar surface area (TPSA) is 81.2 Å². The van der Waals surface area contributed by atoms with E-state index in [4.69, 9.17) is 4.74 Å². The third-order valence-electron chi connectivity index (χ3n) is 2.51. The van der Waals surface area contributed by atoms with Crippen LogP contribution in [0.15, 0.2) is 39.8 Å². The monoisotopic (exact) mass is 371 g/mol. The van der Waals surface area contributed by atoms with E-state index in [1.54, 1.807) is 18.3 Å². The first-order chi connectivity index (χ1) is 9.90. The zero-order chi connectivity index (χ0) is 15.5. The lowest BCUT2D eigenvalue weighted by Gasteiger charge is -2.09. The molecule has 0 unspecified atom stereocenters. The third-order valence-corrected chi connectivity index (χ3v) is 4.19. The Labute approximate surface area is 131 Å². The highest BCUT2D eigenvalue weighted by Gasteiger charge is 2.10. The zero-order valence-electron chi connectivity index (χ0n) is 11.5. The quantitative estimate of drug-likeness (QED) is 0.869. The Kier molecular flexibility index (Phi) is 4.79. The van der Waals surface area contributed by atoms with Crippen LogP contribution >= 0.6 is 15.9 Å². The number of hydrogen-bond acceptors (Lipinski definition) is 6. The highest BCUT2D eigenvalue weighted by Crippen LogP contribution is 2.28. The molecule has 112 valence electrons. The van der Waals surface area contributed by atoms with Crippen molar-refractivity contribution in [2.45, 2.75) is 11.8 Å². The van der Waals surface area contributed by atoms with Crippen LogP contribution in [0.3, 0.4) is 0 Å². The molecule has 1 heterocycles. The molecular formula is C13H14BrN3O3S. The average molecular weight is 372 g/mol. The second-order valence-electron chi connectivity index (χ2n) is 4.22. The summed E-state index contributed by atoms with van der Waals surface area (Å²) < 4.78 is 29.0. The van der Waals surface area contributed by atoms with Gasteiger partial charge in [0.1, 0.15) is 5.75 Å². The van der Waals surface area contributed by atoms with Gasteiger partial charge in [-0.1, -0.05) is 0 Å². The molecule has 1 aromatic heterocycles. The minimum atomic E-state index is -3.22. The van der Waals surface area contributed by atoms with Gasteiger partial charge in [-0.15, -0.1) is 0 Å². The van der Waals surface area contributed by atoms with Crippen LogP contribution in [0.1, 0.15) is 6.92 Å². The minimum absolute atomic E-state index is 0.241. The van der Waals surface area contributed by atoms with Gasteiger partial charge in [-0.05, 0) is 47.1 Å². The van der Waals surface area contributed by atoms with Gasteiger partial charge in [0.15, 0.2) is 9.84 Å². The van der Waals surface area contributed by atoms with E-state index in [0.717, 1.165) is 6.26 Å². The number of rotatable bonds is 5. The first-order valence-corrected chi connectivity index (χ1v) is 8.83. The normalized spacial score (nSPS) is 11.2. The van der Waals surface area contributed by atoms with Crippen molar-refractivity contribution in [3.05, 3.63) is 34.9 Å². The highest BCUT2D eigenvalue weighted by atomic mass is 79.9. The fourth-order valence-corrected chi connectivity index (χ4v) is 2.44. The summed E-state index contributed by atoms with van der Waals surface area (Å²) in [6.07, 6.45) is 2.75. The van der Waals surface area contributed by atoms with Crippen molar-refractivity contribution in [2.24, 2.45) is 0 Å². The predicted molar refractivity (Wildman–Crippen MR) is 83.5 cm³/mol. The molecule has 2 rings (SSSR count). The van der Waals surface area contributed by atoms with Gasteiger partial charge in [-0.25, -0.2) is 13.4 Å². The highest BCUT2D eigenvalue weighted by molar-refractivity contribution is 9.10. The fraction of sp³-hybridized carbons (Fsp3) is 0.231. The van der Waals surface area contributed by atoms with E-state index in [1.807, 2.05) is 6.92 Å². The molecule has 0 aliphatic rings. The molecule has 0 amide bonds. The summed E-state index contributed by atoms with van der Waals surface area (Å²) in [5.41, 5.74) is 0. The van der Waals surface area contributed by atoms with Crippen LogP contribution in [0.5, 0.6) is 11.6 Å². The number of halogens is 1. The summed E-state index contributed by atoms with van der Waals surface area (Å²) in [4.78, 5) is 8.55. The van der Waals surface area contributed by atoms with Crippen LogP contribution in [0.4, 0.5) is 5.95 Å². The Balaban J connectivity index is 2.23. The van der Waals surface area contributed by atoms with Gasteiger partial charge in [0.2, 0.25) is 11.8 Å². The van der Waals surface area contributed by atoms with E-state index < -0.39 is 9.84 Å². The number of nitrogens with one attached hydrogen (secondary N) is 1. The Morgan fingerprint density at radius 3 is 2.52 bits per heavy atom. The molecule has 0 aliphatic carbocycles. The summed E-state index contributed by atoms with van der Waals surface area (Å²) in [6.45, 7) is 2.64. The van der Waals surface area contributed by atoms with Crippen LogP contribution in [0.2, 0.25) is 0 Å². The molecule has 0 saturated carbocycles. The number of hydrogen-bond donors (Lipinski definition) is 1. The van der Waals surface area contributed by atoms with E-state index in [2.05, 4.69) is 31.2 Å². The average Bonchev–Trinajstić information content (AvgIpc) is 2.42. The molecule has 0 saturated heterocycles. The van der Waals surface area contributed by atoms with Crippen molar-refractivity contribution in [3.8, 4) is 11.6 Å². The van der Waals surface area contributed by atoms with E-state index >= 15 is 0 Å². The number of anilines is 1. The maximum atomic E-state index is 11.4. The minimum Gasteiger partial charge on any atom is -0.438 e. The number of ether oxygens (including phenoxy) is 1. The summed E-state index contributed by atoms with van der Waals surface area (Å²) in [5.74, 6) is 1.31. The van der Waals surface area contributed by atoms with Gasteiger partial charge >= 0.3 is 0 Å². The lowest BCUT2D eigenvalue weighted by atomic mass is 10.3. The fourth-order valence-electron chi connectivity index (χ4n) is 1.53. The van der Waals surface area contributed by atoms with Crippen LogP contribution in [-0.2, 0) is 9.84 Å².